The fourth-order valence-corrected chi connectivity index (χ4v) is 2.08. The minimum atomic E-state index is -2.60. The Kier molecular flexibility index (Phi) is 2.17. The van der Waals surface area contributed by atoms with Crippen LogP contribution in [0.3, 0.4) is 0 Å². The average Bonchev–Trinajstić information content (AvgIpc) is 2.45. The summed E-state index contributed by atoms with van der Waals surface area (Å²) in [4.78, 5) is 0. The number of aromatic hydroxyl groups is 1. The molecule has 1 atom stereocenters. The first-order valence-corrected chi connectivity index (χ1v) is 4.76. The van der Waals surface area contributed by atoms with Gasteiger partial charge in [-0.05, 0) is 30.5 Å². The highest BCUT2D eigenvalue weighted by molar-refractivity contribution is 5.31. The first-order chi connectivity index (χ1) is 6.59. The number of phenolic OH excluding ortho intramolecular Hbond substituents is 1. The van der Waals surface area contributed by atoms with Gasteiger partial charge in [0.2, 0.25) is 0 Å². The maximum Gasteiger partial charge on any atom is 0.254 e. The highest BCUT2D eigenvalue weighted by Gasteiger charge is 2.44. The summed E-state index contributed by atoms with van der Waals surface area (Å²) < 4.78 is 26.7. The van der Waals surface area contributed by atoms with Gasteiger partial charge in [0.05, 0.1) is 0 Å². The molecular weight excluding hydrogens is 186 g/mol. The van der Waals surface area contributed by atoms with E-state index in [4.69, 9.17) is 0 Å². The Morgan fingerprint density at radius 1 is 1.36 bits per heavy atom. The topological polar surface area (TPSA) is 20.2 Å². The predicted octanol–water partition coefficient (Wildman–Crippen LogP) is 3.30. The molecule has 1 unspecified atom stereocenters. The summed E-state index contributed by atoms with van der Waals surface area (Å²) in [6, 6.07) is 6.20. The standard InChI is InChI=1S/C11H12F2O/c12-11(13)6-2-5-10(11)8-3-1-4-9(14)7-8/h1,3-4,7,10,14H,2,5-6H2. The van der Waals surface area contributed by atoms with Crippen molar-refractivity contribution >= 4 is 0 Å². The first-order valence-electron chi connectivity index (χ1n) is 4.76. The third-order valence-electron chi connectivity index (χ3n) is 2.79. The Balaban J connectivity index is 2.31. The monoisotopic (exact) mass is 198 g/mol. The predicted molar refractivity (Wildman–Crippen MR) is 49.6 cm³/mol. The number of benzene rings is 1. The van der Waals surface area contributed by atoms with Crippen molar-refractivity contribution in [2.45, 2.75) is 31.1 Å². The number of hydrogen-bond acceptors (Lipinski definition) is 1. The van der Waals surface area contributed by atoms with Gasteiger partial charge in [-0.15, -0.1) is 0 Å². The molecule has 0 amide bonds. The van der Waals surface area contributed by atoms with E-state index in [-0.39, 0.29) is 12.2 Å². The van der Waals surface area contributed by atoms with Crippen LogP contribution < -0.4 is 0 Å². The Morgan fingerprint density at radius 3 is 2.71 bits per heavy atom. The summed E-state index contributed by atoms with van der Waals surface area (Å²) in [6.45, 7) is 0. The van der Waals surface area contributed by atoms with Gasteiger partial charge in [0.15, 0.2) is 0 Å². The minimum Gasteiger partial charge on any atom is -0.508 e. The van der Waals surface area contributed by atoms with Crippen LogP contribution in [-0.2, 0) is 0 Å². The molecule has 3 heteroatoms. The van der Waals surface area contributed by atoms with Crippen molar-refractivity contribution in [1.29, 1.82) is 0 Å². The zero-order valence-corrected chi connectivity index (χ0v) is 7.71. The molecule has 0 heterocycles. The molecule has 1 fully saturated rings. The van der Waals surface area contributed by atoms with E-state index in [0.29, 0.717) is 18.4 Å². The van der Waals surface area contributed by atoms with E-state index in [9.17, 15) is 13.9 Å². The molecule has 1 aliphatic rings. The summed E-state index contributed by atoms with van der Waals surface area (Å²) >= 11 is 0. The summed E-state index contributed by atoms with van der Waals surface area (Å²) in [7, 11) is 0. The highest BCUT2D eigenvalue weighted by Crippen LogP contribution is 2.46. The Hall–Kier alpha value is -1.12. The van der Waals surface area contributed by atoms with Gasteiger partial charge in [-0.2, -0.15) is 0 Å². The zero-order valence-electron chi connectivity index (χ0n) is 7.71. The molecule has 0 saturated heterocycles. The maximum atomic E-state index is 13.3. The lowest BCUT2D eigenvalue weighted by molar-refractivity contribution is -0.00897. The Bertz CT molecular complexity index is 336. The minimum absolute atomic E-state index is 0.0344. The summed E-state index contributed by atoms with van der Waals surface area (Å²) in [5.74, 6) is -3.26. The third kappa shape index (κ3) is 1.59. The fourth-order valence-electron chi connectivity index (χ4n) is 2.08. The number of rotatable bonds is 1. The molecule has 0 aromatic heterocycles. The molecule has 76 valence electrons. The molecule has 1 aromatic carbocycles. The molecule has 14 heavy (non-hydrogen) atoms. The van der Waals surface area contributed by atoms with E-state index in [1.54, 1.807) is 12.1 Å². The van der Waals surface area contributed by atoms with Crippen LogP contribution in [0.25, 0.3) is 0 Å². The van der Waals surface area contributed by atoms with Crippen LogP contribution in [0.5, 0.6) is 5.75 Å². The van der Waals surface area contributed by atoms with Crippen LogP contribution in [0.1, 0.15) is 30.7 Å². The van der Waals surface area contributed by atoms with Gasteiger partial charge >= 0.3 is 0 Å². The van der Waals surface area contributed by atoms with E-state index in [0.717, 1.165) is 0 Å². The zero-order chi connectivity index (χ0) is 10.2. The fraction of sp³-hybridized carbons (Fsp3) is 0.455. The maximum absolute atomic E-state index is 13.3. The van der Waals surface area contributed by atoms with Crippen molar-refractivity contribution in [2.75, 3.05) is 0 Å². The number of halogens is 2. The Labute approximate surface area is 81.4 Å². The normalized spacial score (nSPS) is 25.1. The van der Waals surface area contributed by atoms with E-state index < -0.39 is 11.8 Å². The quantitative estimate of drug-likeness (QED) is 0.734. The van der Waals surface area contributed by atoms with Crippen LogP contribution in [0, 0.1) is 0 Å². The van der Waals surface area contributed by atoms with Crippen LogP contribution in [0.2, 0.25) is 0 Å². The van der Waals surface area contributed by atoms with Gasteiger partial charge < -0.3 is 5.11 Å². The molecule has 0 radical (unpaired) electrons. The van der Waals surface area contributed by atoms with Gasteiger partial charge in [-0.25, -0.2) is 8.78 Å². The largest absolute Gasteiger partial charge is 0.508 e. The van der Waals surface area contributed by atoms with Crippen molar-refractivity contribution in [2.24, 2.45) is 0 Å². The second kappa shape index (κ2) is 3.23. The van der Waals surface area contributed by atoms with Gasteiger partial charge in [0.25, 0.3) is 5.92 Å². The van der Waals surface area contributed by atoms with Gasteiger partial charge in [-0.1, -0.05) is 12.1 Å². The lowest BCUT2D eigenvalue weighted by atomic mass is 9.95. The van der Waals surface area contributed by atoms with Crippen molar-refractivity contribution in [3.05, 3.63) is 29.8 Å². The summed E-state index contributed by atoms with van der Waals surface area (Å²) in [5, 5.41) is 9.20. The van der Waals surface area contributed by atoms with E-state index >= 15 is 0 Å². The molecule has 0 bridgehead atoms. The second-order valence-corrected chi connectivity index (χ2v) is 3.80. The molecule has 0 spiro atoms. The molecule has 0 aliphatic heterocycles. The number of hydrogen-bond donors (Lipinski definition) is 1. The molecular formula is C11H12F2O. The van der Waals surface area contributed by atoms with Crippen LogP contribution in [-0.4, -0.2) is 11.0 Å². The van der Waals surface area contributed by atoms with Crippen molar-refractivity contribution in [3.63, 3.8) is 0 Å². The van der Waals surface area contributed by atoms with Crippen molar-refractivity contribution in [1.82, 2.24) is 0 Å². The van der Waals surface area contributed by atoms with Crippen molar-refractivity contribution in [3.8, 4) is 5.75 Å². The van der Waals surface area contributed by atoms with E-state index in [1.165, 1.54) is 12.1 Å². The van der Waals surface area contributed by atoms with Crippen LogP contribution in [0.4, 0.5) is 8.78 Å². The van der Waals surface area contributed by atoms with Crippen molar-refractivity contribution < 1.29 is 13.9 Å². The average molecular weight is 198 g/mol. The van der Waals surface area contributed by atoms with Gasteiger partial charge in [0.1, 0.15) is 5.75 Å². The molecule has 1 aliphatic carbocycles. The smallest absolute Gasteiger partial charge is 0.254 e. The van der Waals surface area contributed by atoms with E-state index in [2.05, 4.69) is 0 Å². The highest BCUT2D eigenvalue weighted by atomic mass is 19.3. The Morgan fingerprint density at radius 2 is 2.14 bits per heavy atom. The molecule has 1 saturated carbocycles. The number of alkyl halides is 2. The lowest BCUT2D eigenvalue weighted by Gasteiger charge is -2.19. The van der Waals surface area contributed by atoms with Gasteiger partial charge in [-0.3, -0.25) is 0 Å². The van der Waals surface area contributed by atoms with Gasteiger partial charge in [0, 0.05) is 12.3 Å². The summed E-state index contributed by atoms with van der Waals surface area (Å²) in [6.07, 6.45) is 1.04. The first kappa shape index (κ1) is 9.44. The van der Waals surface area contributed by atoms with Crippen LogP contribution in [0.15, 0.2) is 24.3 Å². The second-order valence-electron chi connectivity index (χ2n) is 3.80. The molecule has 1 N–H and O–H groups in total. The van der Waals surface area contributed by atoms with Crippen LogP contribution >= 0.6 is 0 Å². The molecule has 2 rings (SSSR count). The lowest BCUT2D eigenvalue weighted by Crippen LogP contribution is -2.19. The summed E-state index contributed by atoms with van der Waals surface area (Å²) in [5.41, 5.74) is 0.549. The molecule has 1 nitrogen and oxygen atoms in total. The number of phenols is 1. The molecule has 1 aromatic rings. The SMILES string of the molecule is Oc1cccc(C2CCCC2(F)F)c1. The van der Waals surface area contributed by atoms with E-state index in [1.807, 2.05) is 0 Å². The third-order valence-corrected chi connectivity index (χ3v) is 2.79.